The quantitative estimate of drug-likeness (QED) is 0.879. The minimum atomic E-state index is 0.763. The third kappa shape index (κ3) is 2.80. The lowest BCUT2D eigenvalue weighted by atomic mass is 9.87. The van der Waals surface area contributed by atoms with Gasteiger partial charge in [-0.2, -0.15) is 0 Å². The molecule has 1 aromatic carbocycles. The number of aryl methyl sites for hydroxylation is 1. The van der Waals surface area contributed by atoms with Crippen LogP contribution in [-0.2, 0) is 12.8 Å². The van der Waals surface area contributed by atoms with Gasteiger partial charge >= 0.3 is 0 Å². The summed E-state index contributed by atoms with van der Waals surface area (Å²) in [4.78, 5) is 2.86. The number of halogens is 1. The summed E-state index contributed by atoms with van der Waals surface area (Å²) < 4.78 is 1.23. The van der Waals surface area contributed by atoms with Crippen molar-refractivity contribution >= 4 is 15.9 Å². The van der Waals surface area contributed by atoms with Crippen molar-refractivity contribution in [2.45, 2.75) is 63.1 Å². The molecule has 1 aliphatic carbocycles. The van der Waals surface area contributed by atoms with E-state index in [1.807, 2.05) is 0 Å². The number of hydrogen-bond donors (Lipinski definition) is 1. The Bertz CT molecular complexity index is 510. The van der Waals surface area contributed by atoms with Crippen molar-refractivity contribution in [1.82, 2.24) is 10.2 Å². The maximum absolute atomic E-state index is 3.75. The van der Waals surface area contributed by atoms with E-state index in [1.54, 1.807) is 11.1 Å². The molecule has 114 valence electrons. The van der Waals surface area contributed by atoms with Crippen LogP contribution in [0.3, 0.4) is 0 Å². The van der Waals surface area contributed by atoms with E-state index in [4.69, 9.17) is 0 Å². The van der Waals surface area contributed by atoms with Crippen LogP contribution in [0.15, 0.2) is 22.7 Å². The van der Waals surface area contributed by atoms with Crippen molar-refractivity contribution in [2.75, 3.05) is 13.1 Å². The zero-order chi connectivity index (χ0) is 14.2. The van der Waals surface area contributed by atoms with Crippen molar-refractivity contribution in [1.29, 1.82) is 0 Å². The molecular weight excluding hydrogens is 324 g/mol. The summed E-state index contributed by atoms with van der Waals surface area (Å²) in [5.41, 5.74) is 3.15. The molecule has 3 unspecified atom stereocenters. The summed E-state index contributed by atoms with van der Waals surface area (Å²) in [6, 6.07) is 9.21. The van der Waals surface area contributed by atoms with E-state index < -0.39 is 0 Å². The predicted octanol–water partition coefficient (Wildman–Crippen LogP) is 3.52. The summed E-state index contributed by atoms with van der Waals surface area (Å²) in [7, 11) is 0. The summed E-state index contributed by atoms with van der Waals surface area (Å²) in [6.07, 6.45) is 9.40. The molecule has 0 spiro atoms. The summed E-state index contributed by atoms with van der Waals surface area (Å²) in [5, 5.41) is 3.75. The van der Waals surface area contributed by atoms with E-state index in [0.717, 1.165) is 18.1 Å². The van der Waals surface area contributed by atoms with Gasteiger partial charge in [-0.15, -0.1) is 0 Å². The van der Waals surface area contributed by atoms with Gasteiger partial charge in [-0.3, -0.25) is 4.90 Å². The Balaban J connectivity index is 1.50. The molecule has 0 bridgehead atoms. The molecule has 21 heavy (non-hydrogen) atoms. The SMILES string of the molecule is Brc1ccc2c(c1)CCC(N1CCCC1C1CCCN1)C2. The summed E-state index contributed by atoms with van der Waals surface area (Å²) in [6.45, 7) is 2.55. The first-order valence-electron chi connectivity index (χ1n) is 8.58. The summed E-state index contributed by atoms with van der Waals surface area (Å²) in [5.74, 6) is 0. The van der Waals surface area contributed by atoms with Crippen molar-refractivity contribution in [3.05, 3.63) is 33.8 Å². The molecule has 0 aromatic heterocycles. The molecule has 2 saturated heterocycles. The monoisotopic (exact) mass is 348 g/mol. The molecule has 2 aliphatic heterocycles. The van der Waals surface area contributed by atoms with E-state index >= 15 is 0 Å². The van der Waals surface area contributed by atoms with Gasteiger partial charge in [0, 0.05) is 22.6 Å². The van der Waals surface area contributed by atoms with E-state index in [-0.39, 0.29) is 0 Å². The van der Waals surface area contributed by atoms with E-state index in [2.05, 4.69) is 44.3 Å². The Hall–Kier alpha value is -0.380. The number of nitrogens with one attached hydrogen (secondary N) is 1. The van der Waals surface area contributed by atoms with E-state index in [1.165, 1.54) is 62.5 Å². The van der Waals surface area contributed by atoms with Gasteiger partial charge in [0.05, 0.1) is 0 Å². The zero-order valence-electron chi connectivity index (χ0n) is 12.7. The molecule has 2 nitrogen and oxygen atoms in total. The average Bonchev–Trinajstić information content (AvgIpc) is 3.17. The van der Waals surface area contributed by atoms with Gasteiger partial charge in [0.15, 0.2) is 0 Å². The van der Waals surface area contributed by atoms with Crippen molar-refractivity contribution in [3.8, 4) is 0 Å². The molecule has 3 heteroatoms. The largest absolute Gasteiger partial charge is 0.312 e. The molecule has 4 rings (SSSR count). The first kappa shape index (κ1) is 14.2. The second-order valence-electron chi connectivity index (χ2n) is 6.96. The van der Waals surface area contributed by atoms with Crippen LogP contribution in [0.1, 0.15) is 43.2 Å². The fraction of sp³-hybridized carbons (Fsp3) is 0.667. The Morgan fingerprint density at radius 1 is 1.10 bits per heavy atom. The van der Waals surface area contributed by atoms with Crippen LogP contribution in [0, 0.1) is 0 Å². The highest BCUT2D eigenvalue weighted by molar-refractivity contribution is 9.10. The maximum Gasteiger partial charge on any atom is 0.0252 e. The van der Waals surface area contributed by atoms with Gasteiger partial charge in [-0.05, 0) is 81.3 Å². The van der Waals surface area contributed by atoms with Crippen LogP contribution in [-0.4, -0.2) is 36.1 Å². The highest BCUT2D eigenvalue weighted by atomic mass is 79.9. The second-order valence-corrected chi connectivity index (χ2v) is 7.88. The maximum atomic E-state index is 3.75. The van der Waals surface area contributed by atoms with Crippen LogP contribution >= 0.6 is 15.9 Å². The molecule has 2 heterocycles. The van der Waals surface area contributed by atoms with Crippen molar-refractivity contribution < 1.29 is 0 Å². The molecule has 3 aliphatic rings. The number of benzene rings is 1. The van der Waals surface area contributed by atoms with Crippen LogP contribution in [0.5, 0.6) is 0 Å². The predicted molar refractivity (Wildman–Crippen MR) is 90.7 cm³/mol. The van der Waals surface area contributed by atoms with Gasteiger partial charge in [0.25, 0.3) is 0 Å². The minimum absolute atomic E-state index is 0.763. The average molecular weight is 349 g/mol. The lowest BCUT2D eigenvalue weighted by Crippen LogP contribution is -2.49. The Morgan fingerprint density at radius 3 is 2.90 bits per heavy atom. The van der Waals surface area contributed by atoms with Crippen molar-refractivity contribution in [3.63, 3.8) is 0 Å². The first-order chi connectivity index (χ1) is 10.3. The fourth-order valence-corrected chi connectivity index (χ4v) is 5.14. The van der Waals surface area contributed by atoms with Crippen LogP contribution in [0.4, 0.5) is 0 Å². The number of fused-ring (bicyclic) bond motifs is 1. The van der Waals surface area contributed by atoms with Gasteiger partial charge in [-0.25, -0.2) is 0 Å². The molecule has 2 fully saturated rings. The molecule has 0 saturated carbocycles. The number of hydrogen-bond acceptors (Lipinski definition) is 2. The number of nitrogens with zero attached hydrogens (tertiary/aromatic N) is 1. The molecule has 1 aromatic rings. The molecule has 1 N–H and O–H groups in total. The second kappa shape index (κ2) is 6.02. The number of rotatable bonds is 2. The lowest BCUT2D eigenvalue weighted by Gasteiger charge is -2.38. The van der Waals surface area contributed by atoms with Crippen molar-refractivity contribution in [2.24, 2.45) is 0 Å². The zero-order valence-corrected chi connectivity index (χ0v) is 14.2. The smallest absolute Gasteiger partial charge is 0.0252 e. The van der Waals surface area contributed by atoms with Gasteiger partial charge < -0.3 is 5.32 Å². The topological polar surface area (TPSA) is 15.3 Å². The minimum Gasteiger partial charge on any atom is -0.312 e. The van der Waals surface area contributed by atoms with Gasteiger partial charge in [0.1, 0.15) is 0 Å². The lowest BCUT2D eigenvalue weighted by molar-refractivity contribution is 0.140. The van der Waals surface area contributed by atoms with Crippen LogP contribution in [0.25, 0.3) is 0 Å². The fourth-order valence-electron chi connectivity index (χ4n) is 4.73. The standard InChI is InChI=1S/C18H25BrN2/c19-15-7-5-14-12-16(8-6-13(14)11-15)21-10-2-4-18(21)17-3-1-9-20-17/h5,7,11,16-18,20H,1-4,6,8-10,12H2. The highest BCUT2D eigenvalue weighted by Crippen LogP contribution is 2.33. The summed E-state index contributed by atoms with van der Waals surface area (Å²) >= 11 is 3.61. The Kier molecular flexibility index (Phi) is 4.08. The van der Waals surface area contributed by atoms with Gasteiger partial charge in [0.2, 0.25) is 0 Å². The molecular formula is C18H25BrN2. The Labute approximate surface area is 136 Å². The van der Waals surface area contributed by atoms with Crippen LogP contribution in [0.2, 0.25) is 0 Å². The third-order valence-corrected chi connectivity index (χ3v) is 6.24. The first-order valence-corrected chi connectivity index (χ1v) is 9.37. The highest BCUT2D eigenvalue weighted by Gasteiger charge is 2.37. The molecule has 0 amide bonds. The van der Waals surface area contributed by atoms with E-state index in [0.29, 0.717) is 0 Å². The van der Waals surface area contributed by atoms with Crippen LogP contribution < -0.4 is 5.32 Å². The third-order valence-electron chi connectivity index (χ3n) is 5.74. The van der Waals surface area contributed by atoms with Gasteiger partial charge in [-0.1, -0.05) is 22.0 Å². The molecule has 3 atom stereocenters. The number of likely N-dealkylation sites (tertiary alicyclic amines) is 1. The van der Waals surface area contributed by atoms with E-state index in [9.17, 15) is 0 Å². The Morgan fingerprint density at radius 2 is 2.05 bits per heavy atom. The normalized spacial score (nSPS) is 33.3. The molecule has 0 radical (unpaired) electrons.